The van der Waals surface area contributed by atoms with Crippen LogP contribution in [0.1, 0.15) is 11.1 Å². The molecule has 0 bridgehead atoms. The van der Waals surface area contributed by atoms with Gasteiger partial charge in [-0.05, 0) is 74.4 Å². The monoisotopic (exact) mass is 328 g/mol. The maximum absolute atomic E-state index is 9.96. The number of benzene rings is 2. The van der Waals surface area contributed by atoms with Gasteiger partial charge in [0.05, 0.1) is 0 Å². The van der Waals surface area contributed by atoms with Crippen LogP contribution in [-0.2, 0) is 0 Å². The zero-order chi connectivity index (χ0) is 11.2. The molecule has 0 saturated heterocycles. The fraction of sp³-hybridized carbons (Fsp3) is 0.167. The Labute approximate surface area is 105 Å². The second-order valence-corrected chi connectivity index (χ2v) is 5.38. The summed E-state index contributed by atoms with van der Waals surface area (Å²) in [4.78, 5) is 0. The Balaban J connectivity index is 2.97. The fourth-order valence-electron chi connectivity index (χ4n) is 1.75. The van der Waals surface area contributed by atoms with Crippen LogP contribution in [0.4, 0.5) is 0 Å². The van der Waals surface area contributed by atoms with Crippen molar-refractivity contribution in [1.82, 2.24) is 0 Å². The number of fused-ring (bicyclic) bond motifs is 1. The standard InChI is InChI=1S/C12H10Br2O/c1-6-3-7(2)12(15)9-5-11(14)10(13)4-8(6)9/h3-5,15H,1-2H3. The van der Waals surface area contributed by atoms with Gasteiger partial charge in [0.1, 0.15) is 5.75 Å². The molecule has 0 aliphatic heterocycles. The predicted molar refractivity (Wildman–Crippen MR) is 70.5 cm³/mol. The molecule has 0 unspecified atom stereocenters. The van der Waals surface area contributed by atoms with Gasteiger partial charge in [-0.2, -0.15) is 0 Å². The van der Waals surface area contributed by atoms with Crippen molar-refractivity contribution in [1.29, 1.82) is 0 Å². The summed E-state index contributed by atoms with van der Waals surface area (Å²) in [6, 6.07) is 5.96. The first-order valence-electron chi connectivity index (χ1n) is 4.58. The summed E-state index contributed by atoms with van der Waals surface area (Å²) < 4.78 is 1.96. The largest absolute Gasteiger partial charge is 0.507 e. The fourth-order valence-corrected chi connectivity index (χ4v) is 2.44. The number of halogens is 2. The molecule has 15 heavy (non-hydrogen) atoms. The summed E-state index contributed by atoms with van der Waals surface area (Å²) in [6.45, 7) is 3.97. The minimum absolute atomic E-state index is 0.365. The van der Waals surface area contributed by atoms with Crippen LogP contribution in [0.25, 0.3) is 10.8 Å². The van der Waals surface area contributed by atoms with E-state index in [1.165, 1.54) is 5.56 Å². The third-order valence-electron chi connectivity index (χ3n) is 2.55. The van der Waals surface area contributed by atoms with E-state index in [2.05, 4.69) is 38.8 Å². The molecule has 3 heteroatoms. The van der Waals surface area contributed by atoms with E-state index in [9.17, 15) is 5.11 Å². The minimum atomic E-state index is 0.365. The van der Waals surface area contributed by atoms with Crippen LogP contribution in [0.3, 0.4) is 0 Å². The summed E-state index contributed by atoms with van der Waals surface area (Å²) in [6.07, 6.45) is 0. The Kier molecular flexibility index (Phi) is 2.77. The van der Waals surface area contributed by atoms with Gasteiger partial charge < -0.3 is 5.11 Å². The zero-order valence-electron chi connectivity index (χ0n) is 8.44. The molecule has 0 aromatic heterocycles. The molecule has 1 N–H and O–H groups in total. The normalized spacial score (nSPS) is 10.9. The lowest BCUT2D eigenvalue weighted by atomic mass is 10.0. The Morgan fingerprint density at radius 2 is 1.40 bits per heavy atom. The zero-order valence-corrected chi connectivity index (χ0v) is 11.6. The van der Waals surface area contributed by atoms with Gasteiger partial charge in [0.25, 0.3) is 0 Å². The molecule has 0 aliphatic rings. The molecular weight excluding hydrogens is 320 g/mol. The highest BCUT2D eigenvalue weighted by Crippen LogP contribution is 2.36. The molecule has 0 spiro atoms. The summed E-state index contributed by atoms with van der Waals surface area (Å²) in [5, 5.41) is 11.9. The van der Waals surface area contributed by atoms with Crippen molar-refractivity contribution in [3.63, 3.8) is 0 Å². The third-order valence-corrected chi connectivity index (χ3v) is 4.39. The van der Waals surface area contributed by atoms with Crippen molar-refractivity contribution in [3.05, 3.63) is 38.3 Å². The van der Waals surface area contributed by atoms with Crippen LogP contribution in [0.5, 0.6) is 5.75 Å². The van der Waals surface area contributed by atoms with E-state index in [0.29, 0.717) is 5.75 Å². The first-order valence-corrected chi connectivity index (χ1v) is 6.17. The quantitative estimate of drug-likeness (QED) is 0.743. The molecule has 2 rings (SSSR count). The highest BCUT2D eigenvalue weighted by molar-refractivity contribution is 9.13. The van der Waals surface area contributed by atoms with Gasteiger partial charge in [0.2, 0.25) is 0 Å². The first-order chi connectivity index (χ1) is 7.00. The van der Waals surface area contributed by atoms with E-state index in [4.69, 9.17) is 0 Å². The number of aryl methyl sites for hydroxylation is 2. The molecule has 0 aliphatic carbocycles. The molecule has 0 radical (unpaired) electrons. The van der Waals surface area contributed by atoms with E-state index >= 15 is 0 Å². The van der Waals surface area contributed by atoms with Gasteiger partial charge >= 0.3 is 0 Å². The Morgan fingerprint density at radius 3 is 2.00 bits per heavy atom. The molecule has 0 amide bonds. The molecule has 0 heterocycles. The maximum atomic E-state index is 9.96. The van der Waals surface area contributed by atoms with Crippen molar-refractivity contribution in [3.8, 4) is 5.75 Å². The van der Waals surface area contributed by atoms with Crippen LogP contribution in [0.2, 0.25) is 0 Å². The number of phenolic OH excluding ortho intramolecular Hbond substituents is 1. The van der Waals surface area contributed by atoms with Crippen LogP contribution in [0.15, 0.2) is 27.1 Å². The number of phenols is 1. The molecule has 78 valence electrons. The Morgan fingerprint density at radius 1 is 0.867 bits per heavy atom. The second kappa shape index (κ2) is 3.80. The van der Waals surface area contributed by atoms with Gasteiger partial charge in [-0.1, -0.05) is 6.07 Å². The van der Waals surface area contributed by atoms with Crippen LogP contribution >= 0.6 is 31.9 Å². The SMILES string of the molecule is Cc1cc(C)c2cc(Br)c(Br)cc2c1O. The average molecular weight is 330 g/mol. The van der Waals surface area contributed by atoms with E-state index in [1.807, 2.05) is 25.1 Å². The van der Waals surface area contributed by atoms with Gasteiger partial charge in [0, 0.05) is 14.3 Å². The minimum Gasteiger partial charge on any atom is -0.507 e. The smallest absolute Gasteiger partial charge is 0.126 e. The van der Waals surface area contributed by atoms with Gasteiger partial charge in [0.15, 0.2) is 0 Å². The average Bonchev–Trinajstić information content (AvgIpc) is 2.18. The summed E-state index contributed by atoms with van der Waals surface area (Å²) in [5.74, 6) is 0.365. The summed E-state index contributed by atoms with van der Waals surface area (Å²) in [7, 11) is 0. The topological polar surface area (TPSA) is 20.2 Å². The Bertz CT molecular complexity index is 547. The Hall–Kier alpha value is -0.540. The lowest BCUT2D eigenvalue weighted by Crippen LogP contribution is -1.84. The molecule has 2 aromatic carbocycles. The molecule has 0 saturated carbocycles. The molecule has 1 nitrogen and oxygen atoms in total. The number of rotatable bonds is 0. The van der Waals surface area contributed by atoms with E-state index in [1.54, 1.807) is 0 Å². The molecule has 2 aromatic rings. The van der Waals surface area contributed by atoms with Crippen molar-refractivity contribution in [2.24, 2.45) is 0 Å². The van der Waals surface area contributed by atoms with Crippen molar-refractivity contribution >= 4 is 42.6 Å². The predicted octanol–water partition coefficient (Wildman–Crippen LogP) is 4.69. The van der Waals surface area contributed by atoms with Gasteiger partial charge in [-0.25, -0.2) is 0 Å². The second-order valence-electron chi connectivity index (χ2n) is 3.67. The summed E-state index contributed by atoms with van der Waals surface area (Å²) >= 11 is 6.91. The van der Waals surface area contributed by atoms with Crippen molar-refractivity contribution in [2.75, 3.05) is 0 Å². The van der Waals surface area contributed by atoms with Gasteiger partial charge in [-0.3, -0.25) is 0 Å². The van der Waals surface area contributed by atoms with E-state index < -0.39 is 0 Å². The number of hydrogen-bond donors (Lipinski definition) is 1. The first kappa shape index (κ1) is 11.0. The molecular formula is C12H10Br2O. The van der Waals surface area contributed by atoms with Gasteiger partial charge in [-0.15, -0.1) is 0 Å². The summed E-state index contributed by atoms with van der Waals surface area (Å²) in [5.41, 5.74) is 2.09. The molecule has 0 fully saturated rings. The number of hydrogen-bond acceptors (Lipinski definition) is 1. The van der Waals surface area contributed by atoms with E-state index in [0.717, 1.165) is 25.3 Å². The van der Waals surface area contributed by atoms with Crippen LogP contribution in [-0.4, -0.2) is 5.11 Å². The van der Waals surface area contributed by atoms with Crippen molar-refractivity contribution in [2.45, 2.75) is 13.8 Å². The highest BCUT2D eigenvalue weighted by Gasteiger charge is 2.08. The van der Waals surface area contributed by atoms with E-state index in [-0.39, 0.29) is 0 Å². The van der Waals surface area contributed by atoms with Crippen molar-refractivity contribution < 1.29 is 5.11 Å². The van der Waals surface area contributed by atoms with Crippen LogP contribution < -0.4 is 0 Å². The third kappa shape index (κ3) is 1.79. The number of aromatic hydroxyl groups is 1. The molecule has 0 atom stereocenters. The lowest BCUT2D eigenvalue weighted by Gasteiger charge is -2.09. The lowest BCUT2D eigenvalue weighted by molar-refractivity contribution is 0.477. The highest BCUT2D eigenvalue weighted by atomic mass is 79.9. The maximum Gasteiger partial charge on any atom is 0.126 e. The van der Waals surface area contributed by atoms with Crippen LogP contribution in [0, 0.1) is 13.8 Å².